The number of carbonyl (C=O) groups excluding carboxylic acids is 1. The minimum atomic E-state index is -0.895. The molecule has 2 rings (SSSR count). The fraction of sp³-hybridized carbons (Fsp3) is 0.500. The van der Waals surface area contributed by atoms with Gasteiger partial charge in [0.1, 0.15) is 5.75 Å². The standard InChI is InChI=1S/C18H26N2O3/c1-5-12(2)18(3,22)11-20-17(21)8-13-10-19-16-7-6-14(23-4)9-15(13)16/h6-7,9-10,12,19,22H,5,8,11H2,1-4H3,(H,20,21). The van der Waals surface area contributed by atoms with E-state index >= 15 is 0 Å². The summed E-state index contributed by atoms with van der Waals surface area (Å²) in [5, 5.41) is 14.2. The van der Waals surface area contributed by atoms with E-state index in [0.717, 1.165) is 28.6 Å². The number of fused-ring (bicyclic) bond motifs is 1. The number of amides is 1. The minimum absolute atomic E-state index is 0.0997. The molecule has 1 aromatic heterocycles. The fourth-order valence-corrected chi connectivity index (χ4v) is 2.56. The molecule has 0 bridgehead atoms. The van der Waals surface area contributed by atoms with Gasteiger partial charge in [-0.2, -0.15) is 0 Å². The van der Waals surface area contributed by atoms with Crippen LogP contribution in [0.25, 0.3) is 10.9 Å². The Balaban J connectivity index is 2.03. The number of hydrogen-bond acceptors (Lipinski definition) is 3. The molecule has 1 amide bonds. The summed E-state index contributed by atoms with van der Waals surface area (Å²) in [6.07, 6.45) is 2.98. The molecule has 126 valence electrons. The molecular weight excluding hydrogens is 292 g/mol. The second-order valence-electron chi connectivity index (χ2n) is 6.35. The van der Waals surface area contributed by atoms with E-state index in [-0.39, 0.29) is 24.8 Å². The second kappa shape index (κ2) is 7.04. The Morgan fingerprint density at radius 2 is 2.22 bits per heavy atom. The number of aromatic nitrogens is 1. The van der Waals surface area contributed by atoms with Crippen LogP contribution in [0.4, 0.5) is 0 Å². The first-order valence-electron chi connectivity index (χ1n) is 8.00. The molecule has 5 heteroatoms. The summed E-state index contributed by atoms with van der Waals surface area (Å²) < 4.78 is 5.24. The highest BCUT2D eigenvalue weighted by Crippen LogP contribution is 2.24. The monoisotopic (exact) mass is 318 g/mol. The molecule has 2 unspecified atom stereocenters. The number of nitrogens with one attached hydrogen (secondary N) is 2. The van der Waals surface area contributed by atoms with Gasteiger partial charge in [0.05, 0.1) is 19.1 Å². The number of H-pyrrole nitrogens is 1. The molecule has 5 nitrogen and oxygen atoms in total. The minimum Gasteiger partial charge on any atom is -0.497 e. The molecule has 0 saturated heterocycles. The van der Waals surface area contributed by atoms with Crippen molar-refractivity contribution in [2.45, 2.75) is 39.2 Å². The molecule has 3 N–H and O–H groups in total. The molecule has 0 aliphatic carbocycles. The van der Waals surface area contributed by atoms with E-state index in [9.17, 15) is 9.90 Å². The Bertz CT molecular complexity index is 676. The van der Waals surface area contributed by atoms with Crippen molar-refractivity contribution in [1.29, 1.82) is 0 Å². The molecule has 23 heavy (non-hydrogen) atoms. The summed E-state index contributed by atoms with van der Waals surface area (Å²) in [5.41, 5.74) is 0.994. The maximum absolute atomic E-state index is 12.2. The van der Waals surface area contributed by atoms with Gasteiger partial charge in [-0.05, 0) is 36.6 Å². The molecule has 2 atom stereocenters. The number of ether oxygens (including phenoxy) is 1. The molecule has 0 spiro atoms. The van der Waals surface area contributed by atoms with Crippen LogP contribution in [0, 0.1) is 5.92 Å². The van der Waals surface area contributed by atoms with Crippen molar-refractivity contribution in [3.8, 4) is 5.75 Å². The predicted octanol–water partition coefficient (Wildman–Crippen LogP) is 2.63. The van der Waals surface area contributed by atoms with E-state index in [1.807, 2.05) is 38.2 Å². The Kier molecular flexibility index (Phi) is 5.31. The molecule has 0 fully saturated rings. The SMILES string of the molecule is CCC(C)C(C)(O)CNC(=O)Cc1c[nH]c2ccc(OC)cc12. The molecule has 0 aliphatic heterocycles. The van der Waals surface area contributed by atoms with Gasteiger partial charge in [0, 0.05) is 23.6 Å². The lowest BCUT2D eigenvalue weighted by Crippen LogP contribution is -2.45. The second-order valence-corrected chi connectivity index (χ2v) is 6.35. The first-order chi connectivity index (χ1) is 10.9. The zero-order valence-corrected chi connectivity index (χ0v) is 14.3. The molecule has 0 aliphatic rings. The Labute approximate surface area is 137 Å². The van der Waals surface area contributed by atoms with E-state index < -0.39 is 5.60 Å². The number of methoxy groups -OCH3 is 1. The van der Waals surface area contributed by atoms with Gasteiger partial charge in [0.15, 0.2) is 0 Å². The van der Waals surface area contributed by atoms with E-state index in [1.165, 1.54) is 0 Å². The van der Waals surface area contributed by atoms with Gasteiger partial charge in [-0.15, -0.1) is 0 Å². The number of carbonyl (C=O) groups is 1. The van der Waals surface area contributed by atoms with Crippen LogP contribution in [0.2, 0.25) is 0 Å². The molecule has 1 heterocycles. The zero-order valence-electron chi connectivity index (χ0n) is 14.3. The third kappa shape index (κ3) is 4.05. The summed E-state index contributed by atoms with van der Waals surface area (Å²) in [4.78, 5) is 15.4. The maximum atomic E-state index is 12.2. The maximum Gasteiger partial charge on any atom is 0.224 e. The molecule has 1 aromatic carbocycles. The first-order valence-corrected chi connectivity index (χ1v) is 8.00. The normalized spacial score (nSPS) is 15.2. The van der Waals surface area contributed by atoms with Gasteiger partial charge in [-0.3, -0.25) is 4.79 Å². The summed E-state index contributed by atoms with van der Waals surface area (Å²) in [5.74, 6) is 0.788. The van der Waals surface area contributed by atoms with Crippen molar-refractivity contribution in [3.63, 3.8) is 0 Å². The van der Waals surface area contributed by atoms with Crippen LogP contribution in [0.15, 0.2) is 24.4 Å². The van der Waals surface area contributed by atoms with Gasteiger partial charge in [0.25, 0.3) is 0 Å². The summed E-state index contributed by atoms with van der Waals surface area (Å²) in [6.45, 7) is 6.03. The highest BCUT2D eigenvalue weighted by atomic mass is 16.5. The van der Waals surface area contributed by atoms with Gasteiger partial charge < -0.3 is 20.1 Å². The van der Waals surface area contributed by atoms with Crippen molar-refractivity contribution in [1.82, 2.24) is 10.3 Å². The smallest absolute Gasteiger partial charge is 0.224 e. The van der Waals surface area contributed by atoms with Gasteiger partial charge >= 0.3 is 0 Å². The van der Waals surface area contributed by atoms with Gasteiger partial charge in [-0.1, -0.05) is 20.3 Å². The predicted molar refractivity (Wildman–Crippen MR) is 91.6 cm³/mol. The summed E-state index contributed by atoms with van der Waals surface area (Å²) >= 11 is 0. The van der Waals surface area contributed by atoms with E-state index in [0.29, 0.717) is 0 Å². The number of benzene rings is 1. The van der Waals surface area contributed by atoms with E-state index in [1.54, 1.807) is 14.0 Å². The molecule has 0 radical (unpaired) electrons. The van der Waals surface area contributed by atoms with Crippen LogP contribution < -0.4 is 10.1 Å². The van der Waals surface area contributed by atoms with Gasteiger partial charge in [-0.25, -0.2) is 0 Å². The third-order valence-corrected chi connectivity index (χ3v) is 4.64. The lowest BCUT2D eigenvalue weighted by molar-refractivity contribution is -0.122. The highest BCUT2D eigenvalue weighted by Gasteiger charge is 2.27. The van der Waals surface area contributed by atoms with Crippen LogP contribution in [-0.4, -0.2) is 35.3 Å². The van der Waals surface area contributed by atoms with E-state index in [4.69, 9.17) is 4.74 Å². The van der Waals surface area contributed by atoms with Crippen molar-refractivity contribution in [2.75, 3.05) is 13.7 Å². The first kappa shape index (κ1) is 17.3. The zero-order chi connectivity index (χ0) is 17.0. The highest BCUT2D eigenvalue weighted by molar-refractivity contribution is 5.89. The molecule has 2 aromatic rings. The number of hydrogen-bond donors (Lipinski definition) is 3. The van der Waals surface area contributed by atoms with Crippen LogP contribution in [0.1, 0.15) is 32.8 Å². The topological polar surface area (TPSA) is 74.4 Å². The van der Waals surface area contributed by atoms with Crippen molar-refractivity contribution < 1.29 is 14.6 Å². The van der Waals surface area contributed by atoms with Crippen LogP contribution in [-0.2, 0) is 11.2 Å². The number of aromatic amines is 1. The average Bonchev–Trinajstić information content (AvgIpc) is 2.94. The van der Waals surface area contributed by atoms with Crippen LogP contribution in [0.3, 0.4) is 0 Å². The van der Waals surface area contributed by atoms with Crippen molar-refractivity contribution >= 4 is 16.8 Å². The van der Waals surface area contributed by atoms with Crippen LogP contribution in [0.5, 0.6) is 5.75 Å². The molecule has 0 saturated carbocycles. The third-order valence-electron chi connectivity index (χ3n) is 4.64. The van der Waals surface area contributed by atoms with Gasteiger partial charge in [0.2, 0.25) is 5.91 Å². The number of aliphatic hydroxyl groups is 1. The number of rotatable bonds is 7. The fourth-order valence-electron chi connectivity index (χ4n) is 2.56. The quantitative estimate of drug-likeness (QED) is 0.734. The summed E-state index contributed by atoms with van der Waals surface area (Å²) in [7, 11) is 1.62. The van der Waals surface area contributed by atoms with Crippen molar-refractivity contribution in [3.05, 3.63) is 30.0 Å². The largest absolute Gasteiger partial charge is 0.497 e. The molecular formula is C18H26N2O3. The average molecular weight is 318 g/mol. The Morgan fingerprint density at radius 3 is 2.87 bits per heavy atom. The Hall–Kier alpha value is -2.01. The van der Waals surface area contributed by atoms with Crippen LogP contribution >= 0.6 is 0 Å². The lowest BCUT2D eigenvalue weighted by Gasteiger charge is -2.29. The van der Waals surface area contributed by atoms with Crippen molar-refractivity contribution in [2.24, 2.45) is 5.92 Å². The Morgan fingerprint density at radius 1 is 1.48 bits per heavy atom. The lowest BCUT2D eigenvalue weighted by atomic mass is 9.88. The summed E-state index contributed by atoms with van der Waals surface area (Å²) in [6, 6.07) is 5.74. The van der Waals surface area contributed by atoms with E-state index in [2.05, 4.69) is 10.3 Å².